The van der Waals surface area contributed by atoms with Crippen molar-refractivity contribution in [2.45, 2.75) is 64.6 Å². The number of benzene rings is 1. The summed E-state index contributed by atoms with van der Waals surface area (Å²) in [5.41, 5.74) is -0.100. The second-order valence-electron chi connectivity index (χ2n) is 7.53. The van der Waals surface area contributed by atoms with Gasteiger partial charge in [0.15, 0.2) is 0 Å². The molecule has 2 rings (SSSR count). The lowest BCUT2D eigenvalue weighted by Gasteiger charge is -2.38. The Bertz CT molecular complexity index is 624. The van der Waals surface area contributed by atoms with Gasteiger partial charge in [-0.2, -0.15) is 0 Å². The van der Waals surface area contributed by atoms with E-state index in [1.54, 1.807) is 25.3 Å². The zero-order valence-corrected chi connectivity index (χ0v) is 17.6. The number of halogens is 1. The molecule has 5 nitrogen and oxygen atoms in total. The highest BCUT2D eigenvalue weighted by molar-refractivity contribution is 6.32. The Labute approximate surface area is 167 Å². The van der Waals surface area contributed by atoms with Crippen molar-refractivity contribution in [2.24, 2.45) is 5.92 Å². The van der Waals surface area contributed by atoms with Crippen LogP contribution in [0.5, 0.6) is 5.75 Å². The van der Waals surface area contributed by atoms with Gasteiger partial charge in [0.2, 0.25) is 0 Å². The van der Waals surface area contributed by atoms with Gasteiger partial charge in [0.05, 0.1) is 11.6 Å². The van der Waals surface area contributed by atoms with E-state index in [0.717, 1.165) is 32.1 Å². The van der Waals surface area contributed by atoms with Crippen molar-refractivity contribution in [3.8, 4) is 5.75 Å². The van der Waals surface area contributed by atoms with E-state index in [9.17, 15) is 4.79 Å². The van der Waals surface area contributed by atoms with Gasteiger partial charge in [-0.1, -0.05) is 31.9 Å². The highest BCUT2D eigenvalue weighted by atomic mass is 35.5. The summed E-state index contributed by atoms with van der Waals surface area (Å²) in [7, 11) is 1.63. The Hall–Kier alpha value is -1.30. The topological polar surface area (TPSA) is 56.8 Å². The summed E-state index contributed by atoms with van der Waals surface area (Å²) >= 11 is 6.34. The maximum atomic E-state index is 13.1. The first kappa shape index (κ1) is 22.0. The van der Waals surface area contributed by atoms with Crippen molar-refractivity contribution in [3.63, 3.8) is 0 Å². The fourth-order valence-electron chi connectivity index (χ4n) is 3.61. The first-order valence-corrected chi connectivity index (χ1v) is 10.2. The summed E-state index contributed by atoms with van der Waals surface area (Å²) in [6.45, 7) is 7.21. The summed E-state index contributed by atoms with van der Waals surface area (Å²) < 4.78 is 16.9. The molecule has 1 fully saturated rings. The second kappa shape index (κ2) is 10.3. The van der Waals surface area contributed by atoms with Gasteiger partial charge in [-0.05, 0) is 56.7 Å². The largest absolute Gasteiger partial charge is 0.487 e. The lowest BCUT2D eigenvalue weighted by molar-refractivity contribution is -0.148. The van der Waals surface area contributed by atoms with E-state index < -0.39 is 5.60 Å². The quantitative estimate of drug-likeness (QED) is 0.632. The predicted molar refractivity (Wildman–Crippen MR) is 109 cm³/mol. The van der Waals surface area contributed by atoms with Gasteiger partial charge >= 0.3 is 0 Å². The van der Waals surface area contributed by atoms with Gasteiger partial charge in [-0.15, -0.1) is 0 Å². The molecular formula is C21H32ClNO4. The molecule has 1 amide bonds. The Balaban J connectivity index is 2.09. The van der Waals surface area contributed by atoms with E-state index in [2.05, 4.69) is 19.2 Å². The molecule has 0 aliphatic heterocycles. The predicted octanol–water partition coefficient (Wildman–Crippen LogP) is 5.07. The lowest BCUT2D eigenvalue weighted by atomic mass is 9.78. The molecule has 1 saturated carbocycles. The van der Waals surface area contributed by atoms with Crippen LogP contribution in [0.1, 0.15) is 52.9 Å². The van der Waals surface area contributed by atoms with Gasteiger partial charge < -0.3 is 19.5 Å². The van der Waals surface area contributed by atoms with E-state index in [0.29, 0.717) is 35.6 Å². The van der Waals surface area contributed by atoms with Gasteiger partial charge in [0.1, 0.15) is 17.5 Å². The van der Waals surface area contributed by atoms with Gasteiger partial charge in [-0.3, -0.25) is 4.79 Å². The molecule has 1 aliphatic rings. The molecule has 0 heterocycles. The van der Waals surface area contributed by atoms with E-state index in [1.807, 2.05) is 6.92 Å². The smallest absolute Gasteiger partial charge is 0.256 e. The van der Waals surface area contributed by atoms with E-state index in [-0.39, 0.29) is 12.0 Å². The summed E-state index contributed by atoms with van der Waals surface area (Å²) in [5.74, 6) is 0.963. The molecule has 1 aliphatic carbocycles. The molecule has 0 aromatic heterocycles. The zero-order chi connectivity index (χ0) is 19.9. The summed E-state index contributed by atoms with van der Waals surface area (Å²) in [6.07, 6.45) is 4.43. The highest BCUT2D eigenvalue weighted by Crippen LogP contribution is 2.37. The average molecular weight is 398 g/mol. The van der Waals surface area contributed by atoms with Crippen molar-refractivity contribution in [3.05, 3.63) is 23.2 Å². The van der Waals surface area contributed by atoms with Crippen molar-refractivity contribution >= 4 is 23.2 Å². The molecule has 0 spiro atoms. The molecule has 1 aromatic rings. The molecule has 0 unspecified atom stereocenters. The van der Waals surface area contributed by atoms with Crippen LogP contribution >= 0.6 is 11.6 Å². The SMILES string of the molecule is CCCO[C@@]1(C(=O)Nc2ccc(O[C@H](C)COC)c(Cl)c2)CCC[C@@H](C)C1. The van der Waals surface area contributed by atoms with Gasteiger partial charge in [-0.25, -0.2) is 0 Å². The highest BCUT2D eigenvalue weighted by Gasteiger charge is 2.42. The van der Waals surface area contributed by atoms with Crippen LogP contribution in [0.15, 0.2) is 18.2 Å². The number of amides is 1. The van der Waals surface area contributed by atoms with Crippen LogP contribution in [0.2, 0.25) is 5.02 Å². The van der Waals surface area contributed by atoms with Crippen LogP contribution in [-0.4, -0.2) is 37.9 Å². The van der Waals surface area contributed by atoms with Crippen LogP contribution < -0.4 is 10.1 Å². The zero-order valence-electron chi connectivity index (χ0n) is 16.8. The van der Waals surface area contributed by atoms with Crippen molar-refractivity contribution < 1.29 is 19.0 Å². The first-order valence-electron chi connectivity index (χ1n) is 9.80. The number of rotatable bonds is 9. The normalized spacial score (nSPS) is 23.7. The van der Waals surface area contributed by atoms with Crippen LogP contribution in [0.25, 0.3) is 0 Å². The number of hydrogen-bond acceptors (Lipinski definition) is 4. The molecule has 152 valence electrons. The fraction of sp³-hybridized carbons (Fsp3) is 0.667. The number of carbonyl (C=O) groups excluding carboxylic acids is 1. The van der Waals surface area contributed by atoms with Crippen LogP contribution in [0, 0.1) is 5.92 Å². The Morgan fingerprint density at radius 2 is 2.22 bits per heavy atom. The molecule has 1 N–H and O–H groups in total. The fourth-order valence-corrected chi connectivity index (χ4v) is 3.83. The molecule has 0 saturated heterocycles. The molecule has 1 aromatic carbocycles. The molecule has 27 heavy (non-hydrogen) atoms. The third kappa shape index (κ3) is 6.09. The molecular weight excluding hydrogens is 366 g/mol. The standard InChI is InChI=1S/C21H32ClNO4/c1-5-11-26-21(10-6-7-15(2)13-21)20(24)23-17-8-9-19(18(22)12-17)27-16(3)14-25-4/h8-9,12,15-16H,5-7,10-11,13-14H2,1-4H3,(H,23,24)/t15-,16-,21+/m1/s1. The van der Waals surface area contributed by atoms with Crippen LogP contribution in [-0.2, 0) is 14.3 Å². The number of hydrogen-bond donors (Lipinski definition) is 1. The summed E-state index contributed by atoms with van der Waals surface area (Å²) in [6, 6.07) is 5.29. The second-order valence-corrected chi connectivity index (χ2v) is 7.93. The van der Waals surface area contributed by atoms with E-state index in [1.165, 1.54) is 0 Å². The van der Waals surface area contributed by atoms with Gasteiger partial charge in [0, 0.05) is 19.4 Å². The van der Waals surface area contributed by atoms with Gasteiger partial charge in [0.25, 0.3) is 5.91 Å². The molecule has 3 atom stereocenters. The minimum atomic E-state index is -0.748. The summed E-state index contributed by atoms with van der Waals surface area (Å²) in [4.78, 5) is 13.1. The van der Waals surface area contributed by atoms with Crippen LogP contribution in [0.3, 0.4) is 0 Å². The maximum absolute atomic E-state index is 13.1. The maximum Gasteiger partial charge on any atom is 0.256 e. The Morgan fingerprint density at radius 3 is 2.85 bits per heavy atom. The Morgan fingerprint density at radius 1 is 1.44 bits per heavy atom. The van der Waals surface area contributed by atoms with Crippen molar-refractivity contribution in [1.82, 2.24) is 0 Å². The van der Waals surface area contributed by atoms with Crippen LogP contribution in [0.4, 0.5) is 5.69 Å². The minimum Gasteiger partial charge on any atom is -0.487 e. The number of nitrogens with one attached hydrogen (secondary N) is 1. The van der Waals surface area contributed by atoms with Crippen molar-refractivity contribution in [2.75, 3.05) is 25.6 Å². The van der Waals surface area contributed by atoms with E-state index in [4.69, 9.17) is 25.8 Å². The number of ether oxygens (including phenoxy) is 3. The monoisotopic (exact) mass is 397 g/mol. The average Bonchev–Trinajstić information content (AvgIpc) is 2.62. The minimum absolute atomic E-state index is 0.0833. The van der Waals surface area contributed by atoms with E-state index >= 15 is 0 Å². The third-order valence-electron chi connectivity index (χ3n) is 4.87. The lowest BCUT2D eigenvalue weighted by Crippen LogP contribution is -2.48. The molecule has 0 radical (unpaired) electrons. The first-order chi connectivity index (χ1) is 12.9. The number of carbonyl (C=O) groups is 1. The van der Waals surface area contributed by atoms with Crippen molar-refractivity contribution in [1.29, 1.82) is 0 Å². The third-order valence-corrected chi connectivity index (χ3v) is 5.17. The summed E-state index contributed by atoms with van der Waals surface area (Å²) in [5, 5.41) is 3.45. The number of methoxy groups -OCH3 is 1. The Kier molecular flexibility index (Phi) is 8.39. The molecule has 0 bridgehead atoms. The number of anilines is 1. The molecule has 6 heteroatoms.